The van der Waals surface area contributed by atoms with Crippen LogP contribution in [0.15, 0.2) is 41.1 Å². The number of aromatic carboxylic acids is 1. The molecule has 21 heavy (non-hydrogen) atoms. The van der Waals surface area contributed by atoms with Gasteiger partial charge in [-0.05, 0) is 31.2 Å². The lowest BCUT2D eigenvalue weighted by Gasteiger charge is -2.20. The minimum Gasteiger partial charge on any atom is -0.477 e. The van der Waals surface area contributed by atoms with Gasteiger partial charge in [0.05, 0.1) is 24.7 Å². The van der Waals surface area contributed by atoms with E-state index in [4.69, 9.17) is 9.52 Å². The highest BCUT2D eigenvalue weighted by Gasteiger charge is 2.14. The Hall–Kier alpha value is -2.83. The van der Waals surface area contributed by atoms with E-state index in [-0.39, 0.29) is 11.7 Å². The number of urea groups is 1. The monoisotopic (exact) mass is 289 g/mol. The average molecular weight is 289 g/mol. The summed E-state index contributed by atoms with van der Waals surface area (Å²) < 4.78 is 5.21. The molecule has 0 aromatic carbocycles. The van der Waals surface area contributed by atoms with Crippen molar-refractivity contribution >= 4 is 17.7 Å². The maximum Gasteiger partial charge on any atom is 0.354 e. The zero-order valence-electron chi connectivity index (χ0n) is 11.4. The lowest BCUT2D eigenvalue weighted by molar-refractivity contribution is 0.0690. The Morgan fingerprint density at radius 3 is 2.71 bits per heavy atom. The first-order valence-corrected chi connectivity index (χ1v) is 6.37. The summed E-state index contributed by atoms with van der Waals surface area (Å²) in [6.45, 7) is 2.72. The van der Waals surface area contributed by atoms with Gasteiger partial charge in [0.1, 0.15) is 11.5 Å². The van der Waals surface area contributed by atoms with E-state index in [1.807, 2.05) is 6.92 Å². The number of rotatable bonds is 5. The minimum atomic E-state index is -1.11. The van der Waals surface area contributed by atoms with Gasteiger partial charge in [-0.25, -0.2) is 14.6 Å². The molecular weight excluding hydrogens is 274 g/mol. The van der Waals surface area contributed by atoms with E-state index in [1.54, 1.807) is 23.3 Å². The number of amides is 2. The van der Waals surface area contributed by atoms with Gasteiger partial charge in [0.2, 0.25) is 0 Å². The van der Waals surface area contributed by atoms with Crippen molar-refractivity contribution in [3.63, 3.8) is 0 Å². The molecule has 0 spiro atoms. The highest BCUT2D eigenvalue weighted by molar-refractivity contribution is 5.90. The molecule has 0 unspecified atom stereocenters. The molecule has 110 valence electrons. The quantitative estimate of drug-likeness (QED) is 0.881. The van der Waals surface area contributed by atoms with Crippen LogP contribution in [0.25, 0.3) is 0 Å². The molecule has 0 atom stereocenters. The summed E-state index contributed by atoms with van der Waals surface area (Å²) in [6.07, 6.45) is 2.86. The van der Waals surface area contributed by atoms with Crippen LogP contribution in [0.4, 0.5) is 10.5 Å². The van der Waals surface area contributed by atoms with Crippen LogP contribution in [-0.2, 0) is 6.54 Å². The van der Waals surface area contributed by atoms with Crippen molar-refractivity contribution < 1.29 is 19.1 Å². The summed E-state index contributed by atoms with van der Waals surface area (Å²) in [5, 5.41) is 11.4. The third kappa shape index (κ3) is 3.82. The molecule has 0 bridgehead atoms. The lowest BCUT2D eigenvalue weighted by atomic mass is 10.3. The highest BCUT2D eigenvalue weighted by atomic mass is 16.4. The largest absolute Gasteiger partial charge is 0.477 e. The minimum absolute atomic E-state index is 0.0732. The van der Waals surface area contributed by atoms with E-state index in [0.29, 0.717) is 24.5 Å². The second kappa shape index (κ2) is 6.56. The van der Waals surface area contributed by atoms with Gasteiger partial charge in [0.15, 0.2) is 0 Å². The van der Waals surface area contributed by atoms with Crippen molar-refractivity contribution in [1.82, 2.24) is 9.88 Å². The molecule has 2 N–H and O–H groups in total. The molecule has 0 saturated carbocycles. The van der Waals surface area contributed by atoms with Crippen LogP contribution in [0.2, 0.25) is 0 Å². The third-order valence-corrected chi connectivity index (χ3v) is 2.83. The molecular formula is C14H15N3O4. The number of anilines is 1. The van der Waals surface area contributed by atoms with E-state index < -0.39 is 5.97 Å². The number of hydrogen-bond donors (Lipinski definition) is 2. The molecule has 0 aliphatic rings. The van der Waals surface area contributed by atoms with Crippen LogP contribution in [-0.4, -0.2) is 33.5 Å². The van der Waals surface area contributed by atoms with Crippen molar-refractivity contribution in [2.24, 2.45) is 0 Å². The number of carbonyl (C=O) groups excluding carboxylic acids is 1. The first-order chi connectivity index (χ1) is 10.1. The summed E-state index contributed by atoms with van der Waals surface area (Å²) in [5.41, 5.74) is 0.360. The summed E-state index contributed by atoms with van der Waals surface area (Å²) in [6, 6.07) is 6.07. The predicted molar refractivity (Wildman–Crippen MR) is 75.0 cm³/mol. The van der Waals surface area contributed by atoms with Crippen LogP contribution < -0.4 is 5.32 Å². The molecule has 2 amide bonds. The molecule has 7 nitrogen and oxygen atoms in total. The predicted octanol–water partition coefficient (Wildman–Crippen LogP) is 2.43. The van der Waals surface area contributed by atoms with Crippen molar-refractivity contribution in [2.75, 3.05) is 11.9 Å². The van der Waals surface area contributed by atoms with Gasteiger partial charge in [-0.2, -0.15) is 0 Å². The van der Waals surface area contributed by atoms with Gasteiger partial charge < -0.3 is 19.7 Å². The topological polar surface area (TPSA) is 95.7 Å². The van der Waals surface area contributed by atoms with Crippen LogP contribution in [0.5, 0.6) is 0 Å². The Labute approximate surface area is 121 Å². The van der Waals surface area contributed by atoms with Crippen molar-refractivity contribution in [2.45, 2.75) is 13.5 Å². The Kier molecular flexibility index (Phi) is 4.55. The molecule has 0 aliphatic carbocycles. The lowest BCUT2D eigenvalue weighted by Crippen LogP contribution is -2.34. The molecule has 2 aromatic heterocycles. The van der Waals surface area contributed by atoms with E-state index in [2.05, 4.69) is 10.3 Å². The summed E-state index contributed by atoms with van der Waals surface area (Å²) >= 11 is 0. The van der Waals surface area contributed by atoms with Crippen LogP contribution in [0, 0.1) is 0 Å². The smallest absolute Gasteiger partial charge is 0.354 e. The van der Waals surface area contributed by atoms with Gasteiger partial charge in [-0.1, -0.05) is 0 Å². The number of carboxylic acid groups (broad SMARTS) is 1. The number of nitrogens with one attached hydrogen (secondary N) is 1. The van der Waals surface area contributed by atoms with Crippen LogP contribution >= 0.6 is 0 Å². The molecule has 2 aromatic rings. The average Bonchev–Trinajstić information content (AvgIpc) is 2.98. The van der Waals surface area contributed by atoms with E-state index >= 15 is 0 Å². The number of pyridine rings is 1. The molecule has 7 heteroatoms. The van der Waals surface area contributed by atoms with E-state index in [1.165, 1.54) is 18.3 Å². The number of carboxylic acids is 1. The number of aromatic nitrogens is 1. The first kappa shape index (κ1) is 14.6. The number of nitrogens with zero attached hydrogens (tertiary/aromatic N) is 2. The fourth-order valence-corrected chi connectivity index (χ4v) is 1.71. The zero-order chi connectivity index (χ0) is 15.2. The fraction of sp³-hybridized carbons (Fsp3) is 0.214. The number of carbonyl (C=O) groups is 2. The molecule has 0 radical (unpaired) electrons. The Bertz CT molecular complexity index is 608. The Morgan fingerprint density at radius 1 is 1.38 bits per heavy atom. The van der Waals surface area contributed by atoms with Gasteiger partial charge >= 0.3 is 12.0 Å². The molecule has 2 rings (SSSR count). The first-order valence-electron chi connectivity index (χ1n) is 6.37. The van der Waals surface area contributed by atoms with Gasteiger partial charge in [-0.15, -0.1) is 0 Å². The SMILES string of the molecule is CCN(Cc1ccco1)C(=O)Nc1ccc(C(=O)O)nc1. The maximum absolute atomic E-state index is 12.1. The molecule has 0 fully saturated rings. The van der Waals surface area contributed by atoms with Crippen LogP contribution in [0.3, 0.4) is 0 Å². The highest BCUT2D eigenvalue weighted by Crippen LogP contribution is 2.10. The van der Waals surface area contributed by atoms with Crippen molar-refractivity contribution in [3.8, 4) is 0 Å². The fourth-order valence-electron chi connectivity index (χ4n) is 1.71. The van der Waals surface area contributed by atoms with E-state index in [0.717, 1.165) is 0 Å². The zero-order valence-corrected chi connectivity index (χ0v) is 11.4. The number of furan rings is 1. The second-order valence-corrected chi connectivity index (χ2v) is 4.26. The van der Waals surface area contributed by atoms with Crippen molar-refractivity contribution in [1.29, 1.82) is 0 Å². The van der Waals surface area contributed by atoms with Crippen LogP contribution in [0.1, 0.15) is 23.2 Å². The summed E-state index contributed by atoms with van der Waals surface area (Å²) in [7, 11) is 0. The summed E-state index contributed by atoms with van der Waals surface area (Å²) in [4.78, 5) is 28.1. The van der Waals surface area contributed by atoms with Gasteiger partial charge in [0.25, 0.3) is 0 Å². The molecule has 2 heterocycles. The van der Waals surface area contributed by atoms with Crippen molar-refractivity contribution in [3.05, 3.63) is 48.2 Å². The normalized spacial score (nSPS) is 10.1. The maximum atomic E-state index is 12.1. The van der Waals surface area contributed by atoms with E-state index in [9.17, 15) is 9.59 Å². The van der Waals surface area contributed by atoms with Gasteiger partial charge in [0, 0.05) is 6.54 Å². The number of hydrogen-bond acceptors (Lipinski definition) is 4. The Morgan fingerprint density at radius 2 is 2.19 bits per heavy atom. The van der Waals surface area contributed by atoms with Gasteiger partial charge in [-0.3, -0.25) is 0 Å². The molecule has 0 saturated heterocycles. The third-order valence-electron chi connectivity index (χ3n) is 2.83. The molecule has 0 aliphatic heterocycles. The standard InChI is InChI=1S/C14H15N3O4/c1-2-17(9-11-4-3-7-21-11)14(20)16-10-5-6-12(13(18)19)15-8-10/h3-8H,2,9H2,1H3,(H,16,20)(H,18,19). The summed E-state index contributed by atoms with van der Waals surface area (Å²) in [5.74, 6) is -0.424. The Balaban J connectivity index is 2.00. The second-order valence-electron chi connectivity index (χ2n) is 4.26.